The topological polar surface area (TPSA) is 56.5 Å². The van der Waals surface area contributed by atoms with Gasteiger partial charge in [-0.05, 0) is 42.5 Å². The lowest BCUT2D eigenvalue weighted by atomic mass is 10.2. The molecule has 3 N–H and O–H groups in total. The van der Waals surface area contributed by atoms with Crippen molar-refractivity contribution in [3.05, 3.63) is 54.1 Å². The van der Waals surface area contributed by atoms with Crippen LogP contribution in [0.15, 0.2) is 48.5 Å². The van der Waals surface area contributed by atoms with Gasteiger partial charge in [0.2, 0.25) is 11.3 Å². The van der Waals surface area contributed by atoms with Gasteiger partial charge < -0.3 is 14.8 Å². The molecule has 2 rings (SSSR count). The van der Waals surface area contributed by atoms with E-state index < -0.39 is 0 Å². The first-order valence-electron chi connectivity index (χ1n) is 6.65. The number of methoxy groups -OCH3 is 2. The van der Waals surface area contributed by atoms with E-state index in [0.29, 0.717) is 5.11 Å². The second-order valence-corrected chi connectivity index (χ2v) is 4.75. The van der Waals surface area contributed by atoms with Gasteiger partial charge in [-0.15, -0.1) is 10.5 Å². The fourth-order valence-electron chi connectivity index (χ4n) is 1.82. The molecule has 114 valence electrons. The Morgan fingerprint density at radius 2 is 1.86 bits per heavy atom. The molecule has 0 fully saturated rings. The van der Waals surface area contributed by atoms with Gasteiger partial charge in [-0.1, -0.05) is 18.2 Å². The Morgan fingerprint density at radius 1 is 1.09 bits per heavy atom. The van der Waals surface area contributed by atoms with Crippen molar-refractivity contribution in [2.45, 2.75) is 0 Å². The second kappa shape index (κ2) is 7.99. The minimum atomic E-state index is 0.462. The molecule has 0 saturated carbocycles. The third-order valence-corrected chi connectivity index (χ3v) is 3.09. The number of hydrogen-bond donors (Lipinski definition) is 3. The molecular formula is C16H18N3O2S+. The van der Waals surface area contributed by atoms with Crippen LogP contribution in [0.3, 0.4) is 0 Å². The Bertz CT molecular complexity index is 660. The highest BCUT2D eigenvalue weighted by atomic mass is 32.1. The minimum Gasteiger partial charge on any atom is -0.497 e. The Labute approximate surface area is 134 Å². The van der Waals surface area contributed by atoms with E-state index in [9.17, 15) is 0 Å². The Hall–Kier alpha value is -2.60. The SMILES string of the molecule is COc1ccc(OC)c(C=[NH+]NC(=S)Nc2ccccc2)c1. The molecule has 0 amide bonds. The normalized spacial score (nSPS) is 10.3. The van der Waals surface area contributed by atoms with Crippen molar-refractivity contribution in [2.75, 3.05) is 19.5 Å². The number of anilines is 1. The highest BCUT2D eigenvalue weighted by Gasteiger charge is 2.05. The van der Waals surface area contributed by atoms with E-state index in [1.54, 1.807) is 20.4 Å². The molecule has 0 aliphatic heterocycles. The summed E-state index contributed by atoms with van der Waals surface area (Å²) in [5.41, 5.74) is 4.65. The van der Waals surface area contributed by atoms with Crippen LogP contribution >= 0.6 is 12.2 Å². The van der Waals surface area contributed by atoms with Gasteiger partial charge in [-0.25, -0.2) is 0 Å². The van der Waals surface area contributed by atoms with Crippen LogP contribution in [-0.4, -0.2) is 25.5 Å². The number of thiocarbonyl (C=S) groups is 1. The van der Waals surface area contributed by atoms with Crippen molar-refractivity contribution >= 4 is 29.2 Å². The van der Waals surface area contributed by atoms with E-state index in [4.69, 9.17) is 21.7 Å². The van der Waals surface area contributed by atoms with Crippen molar-refractivity contribution < 1.29 is 14.6 Å². The summed E-state index contributed by atoms with van der Waals surface area (Å²) in [6.07, 6.45) is 1.75. The summed E-state index contributed by atoms with van der Waals surface area (Å²) in [6.45, 7) is 0. The molecular weight excluding hydrogens is 298 g/mol. The van der Waals surface area contributed by atoms with Crippen LogP contribution in [0.25, 0.3) is 0 Å². The number of nitrogens with one attached hydrogen (secondary N) is 3. The summed E-state index contributed by atoms with van der Waals surface area (Å²) < 4.78 is 10.5. The average Bonchev–Trinajstić information content (AvgIpc) is 2.55. The summed E-state index contributed by atoms with van der Waals surface area (Å²) in [7, 11) is 3.24. The molecule has 0 heterocycles. The van der Waals surface area contributed by atoms with Gasteiger partial charge in [0.25, 0.3) is 0 Å². The number of para-hydroxylation sites is 1. The second-order valence-electron chi connectivity index (χ2n) is 4.34. The largest absolute Gasteiger partial charge is 0.497 e. The molecule has 0 aliphatic rings. The maximum atomic E-state index is 5.29. The van der Waals surface area contributed by atoms with Crippen molar-refractivity contribution in [1.82, 2.24) is 5.43 Å². The third kappa shape index (κ3) is 4.46. The molecule has 0 radical (unpaired) electrons. The molecule has 6 heteroatoms. The summed E-state index contributed by atoms with van der Waals surface area (Å²) >= 11 is 5.20. The van der Waals surface area contributed by atoms with Crippen LogP contribution in [0.1, 0.15) is 5.56 Å². The molecule has 22 heavy (non-hydrogen) atoms. The summed E-state index contributed by atoms with van der Waals surface area (Å²) in [5, 5.41) is 6.46. The lowest BCUT2D eigenvalue weighted by Crippen LogP contribution is -2.82. The molecule has 0 saturated heterocycles. The van der Waals surface area contributed by atoms with Gasteiger partial charge in [-0.2, -0.15) is 0 Å². The predicted octanol–water partition coefficient (Wildman–Crippen LogP) is 1.10. The quantitative estimate of drug-likeness (QED) is 0.438. The maximum absolute atomic E-state index is 5.29. The van der Waals surface area contributed by atoms with Crippen molar-refractivity contribution in [1.29, 1.82) is 0 Å². The van der Waals surface area contributed by atoms with Gasteiger partial charge in [0.15, 0.2) is 0 Å². The van der Waals surface area contributed by atoms with Crippen molar-refractivity contribution in [3.8, 4) is 11.5 Å². The summed E-state index contributed by atoms with van der Waals surface area (Å²) in [6, 6.07) is 15.2. The van der Waals surface area contributed by atoms with Crippen LogP contribution < -0.4 is 25.3 Å². The predicted molar refractivity (Wildman–Crippen MR) is 91.5 cm³/mol. The highest BCUT2D eigenvalue weighted by Crippen LogP contribution is 2.21. The van der Waals surface area contributed by atoms with Gasteiger partial charge in [-0.3, -0.25) is 0 Å². The van der Waals surface area contributed by atoms with E-state index in [0.717, 1.165) is 22.7 Å². The van der Waals surface area contributed by atoms with E-state index in [1.807, 2.05) is 48.5 Å². The third-order valence-electron chi connectivity index (χ3n) is 2.88. The molecule has 2 aromatic carbocycles. The first-order chi connectivity index (χ1) is 10.7. The molecule has 5 nitrogen and oxygen atoms in total. The van der Waals surface area contributed by atoms with Gasteiger partial charge in [0, 0.05) is 5.69 Å². The van der Waals surface area contributed by atoms with Crippen LogP contribution in [0, 0.1) is 0 Å². The fraction of sp³-hybridized carbons (Fsp3) is 0.125. The highest BCUT2D eigenvalue weighted by molar-refractivity contribution is 7.80. The summed E-state index contributed by atoms with van der Waals surface area (Å²) in [5.74, 6) is 1.48. The Morgan fingerprint density at radius 3 is 2.55 bits per heavy atom. The van der Waals surface area contributed by atoms with E-state index >= 15 is 0 Å². The van der Waals surface area contributed by atoms with Crippen LogP contribution in [0.5, 0.6) is 11.5 Å². The fourth-order valence-corrected chi connectivity index (χ4v) is 1.99. The summed E-state index contributed by atoms with van der Waals surface area (Å²) in [4.78, 5) is 0. The van der Waals surface area contributed by atoms with Crippen molar-refractivity contribution in [2.24, 2.45) is 0 Å². The molecule has 0 unspecified atom stereocenters. The van der Waals surface area contributed by atoms with E-state index in [1.165, 1.54) is 0 Å². The Kier molecular flexibility index (Phi) is 5.73. The van der Waals surface area contributed by atoms with Crippen molar-refractivity contribution in [3.63, 3.8) is 0 Å². The van der Waals surface area contributed by atoms with Gasteiger partial charge >= 0.3 is 0 Å². The number of benzene rings is 2. The number of hydrazone groups is 1. The molecule has 0 bridgehead atoms. The van der Waals surface area contributed by atoms with Gasteiger partial charge in [0.1, 0.15) is 11.5 Å². The van der Waals surface area contributed by atoms with Crippen LogP contribution in [0.4, 0.5) is 5.69 Å². The zero-order chi connectivity index (χ0) is 15.8. The van der Waals surface area contributed by atoms with Crippen LogP contribution in [-0.2, 0) is 0 Å². The monoisotopic (exact) mass is 316 g/mol. The molecule has 2 aromatic rings. The number of ether oxygens (including phenoxy) is 2. The molecule has 0 spiro atoms. The number of rotatable bonds is 5. The lowest BCUT2D eigenvalue weighted by Gasteiger charge is -2.05. The van der Waals surface area contributed by atoms with E-state index in [2.05, 4.69) is 15.8 Å². The van der Waals surface area contributed by atoms with Crippen LogP contribution in [0.2, 0.25) is 0 Å². The smallest absolute Gasteiger partial charge is 0.228 e. The standard InChI is InChI=1S/C16H17N3O2S/c1-20-14-8-9-15(21-2)12(10-14)11-17-19-16(22)18-13-6-4-3-5-7-13/h3-11H,1-2H3,(H2,18,19,22)/p+1. The Balaban J connectivity index is 1.98. The average molecular weight is 316 g/mol. The zero-order valence-corrected chi connectivity index (χ0v) is 13.2. The minimum absolute atomic E-state index is 0.462. The lowest BCUT2D eigenvalue weighted by molar-refractivity contribution is -0.499. The number of hydrazine groups is 1. The first kappa shape index (κ1) is 15.8. The van der Waals surface area contributed by atoms with E-state index in [-0.39, 0.29) is 0 Å². The zero-order valence-electron chi connectivity index (χ0n) is 12.4. The first-order valence-corrected chi connectivity index (χ1v) is 7.06. The molecule has 0 aromatic heterocycles. The molecule has 0 aliphatic carbocycles. The number of hydrogen-bond acceptors (Lipinski definition) is 3. The molecule has 0 atom stereocenters. The maximum Gasteiger partial charge on any atom is 0.228 e. The van der Waals surface area contributed by atoms with Gasteiger partial charge in [0.05, 0.1) is 19.8 Å².